The van der Waals surface area contributed by atoms with Crippen LogP contribution >= 0.6 is 0 Å². The lowest BCUT2D eigenvalue weighted by Gasteiger charge is -2.28. The van der Waals surface area contributed by atoms with E-state index in [0.29, 0.717) is 0 Å². The Morgan fingerprint density at radius 1 is 1.80 bits per heavy atom. The topological polar surface area (TPSA) is 29.5 Å². The van der Waals surface area contributed by atoms with Crippen LogP contribution < -0.4 is 0 Å². The molecule has 58 valence electrons. The fourth-order valence-electron chi connectivity index (χ4n) is 1.01. The van der Waals surface area contributed by atoms with Gasteiger partial charge in [-0.3, -0.25) is 4.79 Å². The first-order chi connectivity index (χ1) is 4.74. The first-order valence-electron chi connectivity index (χ1n) is 3.59. The lowest BCUT2D eigenvalue weighted by molar-refractivity contribution is -0.146. The minimum absolute atomic E-state index is 0.0877. The summed E-state index contributed by atoms with van der Waals surface area (Å²) >= 11 is 0. The van der Waals surface area contributed by atoms with Gasteiger partial charge in [-0.1, -0.05) is 6.92 Å². The van der Waals surface area contributed by atoms with Crippen molar-refractivity contribution in [2.24, 2.45) is 0 Å². The number of carbonyl (C=O) groups excluding carboxylic acids is 1. The Balaban J connectivity index is 2.40. The quantitative estimate of drug-likeness (QED) is 0.526. The molecule has 1 atom stereocenters. The molecule has 0 aliphatic carbocycles. The molecule has 0 unspecified atom stereocenters. The van der Waals surface area contributed by atoms with Gasteiger partial charge in [0.15, 0.2) is 0 Å². The van der Waals surface area contributed by atoms with Crippen LogP contribution in [0, 0.1) is 0 Å². The van der Waals surface area contributed by atoms with E-state index >= 15 is 0 Å². The maximum atomic E-state index is 10.9. The van der Waals surface area contributed by atoms with Crippen molar-refractivity contribution < 1.29 is 9.53 Å². The average Bonchev–Trinajstić information content (AvgIpc) is 1.95. The predicted octanol–water partition coefficient (Wildman–Crippen LogP) is 0.254. The molecule has 1 heterocycles. The summed E-state index contributed by atoms with van der Waals surface area (Å²) in [5, 5.41) is 0. The zero-order chi connectivity index (χ0) is 7.56. The molecule has 0 aromatic heterocycles. The molecular formula is C7H13NO2. The summed E-state index contributed by atoms with van der Waals surface area (Å²) in [5.41, 5.74) is 0. The molecule has 3 nitrogen and oxygen atoms in total. The third-order valence-electron chi connectivity index (χ3n) is 1.80. The summed E-state index contributed by atoms with van der Waals surface area (Å²) in [6.45, 7) is 3.07. The molecule has 3 heteroatoms. The molecule has 0 saturated carbocycles. The van der Waals surface area contributed by atoms with Crippen LogP contribution in [0.2, 0.25) is 0 Å². The van der Waals surface area contributed by atoms with Gasteiger partial charge in [-0.2, -0.15) is 0 Å². The van der Waals surface area contributed by atoms with Gasteiger partial charge in [0.2, 0.25) is 5.91 Å². The Labute approximate surface area is 61.0 Å². The average molecular weight is 143 g/mol. The second-order valence-electron chi connectivity index (χ2n) is 2.62. The molecule has 0 spiro atoms. The molecule has 10 heavy (non-hydrogen) atoms. The Kier molecular flexibility index (Phi) is 2.27. The molecule has 1 aliphatic rings. The fourth-order valence-corrected chi connectivity index (χ4v) is 1.01. The van der Waals surface area contributed by atoms with Gasteiger partial charge in [-0.15, -0.1) is 0 Å². The summed E-state index contributed by atoms with van der Waals surface area (Å²) in [6.07, 6.45) is 1.24. The van der Waals surface area contributed by atoms with Gasteiger partial charge in [-0.05, 0) is 6.42 Å². The Morgan fingerprint density at radius 2 is 2.50 bits per heavy atom. The number of amides is 1. The molecule has 1 aliphatic heterocycles. The zero-order valence-corrected chi connectivity index (χ0v) is 6.46. The largest absolute Gasteiger partial charge is 0.367 e. The number of ether oxygens (including phenoxy) is 1. The molecule has 0 bridgehead atoms. The molecule has 0 aromatic rings. The van der Waals surface area contributed by atoms with Crippen LogP contribution in [-0.4, -0.2) is 37.1 Å². The van der Waals surface area contributed by atoms with E-state index in [1.54, 1.807) is 4.90 Å². The van der Waals surface area contributed by atoms with E-state index in [2.05, 4.69) is 6.92 Å². The van der Waals surface area contributed by atoms with E-state index in [4.69, 9.17) is 4.74 Å². The highest BCUT2D eigenvalue weighted by Crippen LogP contribution is 2.06. The van der Waals surface area contributed by atoms with Gasteiger partial charge in [0, 0.05) is 13.6 Å². The number of likely N-dealkylation sites (N-methyl/N-ethyl adjacent to an activating group) is 1. The van der Waals surface area contributed by atoms with Crippen molar-refractivity contribution in [1.29, 1.82) is 0 Å². The highest BCUT2D eigenvalue weighted by Gasteiger charge is 2.21. The number of nitrogens with zero attached hydrogens (tertiary/aromatic N) is 1. The highest BCUT2D eigenvalue weighted by molar-refractivity contribution is 5.77. The van der Waals surface area contributed by atoms with E-state index in [9.17, 15) is 4.79 Å². The van der Waals surface area contributed by atoms with Gasteiger partial charge < -0.3 is 9.64 Å². The van der Waals surface area contributed by atoms with Crippen LogP contribution in [0.1, 0.15) is 13.3 Å². The minimum atomic E-state index is 0.0877. The van der Waals surface area contributed by atoms with Crippen molar-refractivity contribution >= 4 is 5.91 Å². The lowest BCUT2D eigenvalue weighted by atomic mass is 10.2. The van der Waals surface area contributed by atoms with E-state index in [1.807, 2.05) is 7.05 Å². The first kappa shape index (κ1) is 7.54. The molecule has 1 saturated heterocycles. The smallest absolute Gasteiger partial charge is 0.248 e. The monoisotopic (exact) mass is 143 g/mol. The van der Waals surface area contributed by atoms with Crippen molar-refractivity contribution in [3.05, 3.63) is 0 Å². The molecular weight excluding hydrogens is 130 g/mol. The maximum absolute atomic E-state index is 10.9. The number of morpholine rings is 1. The summed E-state index contributed by atoms with van der Waals surface area (Å²) in [5.74, 6) is 0.0877. The van der Waals surface area contributed by atoms with Gasteiger partial charge in [0.25, 0.3) is 0 Å². The van der Waals surface area contributed by atoms with E-state index in [0.717, 1.165) is 13.0 Å². The van der Waals surface area contributed by atoms with Crippen LogP contribution in [0.3, 0.4) is 0 Å². The molecule has 1 rings (SSSR count). The molecule has 0 N–H and O–H groups in total. The van der Waals surface area contributed by atoms with Crippen molar-refractivity contribution in [3.63, 3.8) is 0 Å². The Bertz CT molecular complexity index is 136. The van der Waals surface area contributed by atoms with Crippen LogP contribution in [0.15, 0.2) is 0 Å². The number of rotatable bonds is 1. The normalized spacial score (nSPS) is 27.2. The highest BCUT2D eigenvalue weighted by atomic mass is 16.5. The van der Waals surface area contributed by atoms with Crippen molar-refractivity contribution in [1.82, 2.24) is 4.90 Å². The first-order valence-corrected chi connectivity index (χ1v) is 3.59. The lowest BCUT2D eigenvalue weighted by Crippen LogP contribution is -2.43. The van der Waals surface area contributed by atoms with Crippen molar-refractivity contribution in [2.45, 2.75) is 19.4 Å². The van der Waals surface area contributed by atoms with Gasteiger partial charge in [0.1, 0.15) is 6.61 Å². The van der Waals surface area contributed by atoms with E-state index in [-0.39, 0.29) is 18.6 Å². The SMILES string of the molecule is CC[C@H]1CN(C)C(=O)CO1. The summed E-state index contributed by atoms with van der Waals surface area (Å²) in [7, 11) is 1.81. The van der Waals surface area contributed by atoms with Crippen LogP contribution in [0.25, 0.3) is 0 Å². The predicted molar refractivity (Wildman–Crippen MR) is 37.7 cm³/mol. The number of hydrogen-bond acceptors (Lipinski definition) is 2. The third kappa shape index (κ3) is 1.48. The second-order valence-corrected chi connectivity index (χ2v) is 2.62. The minimum Gasteiger partial charge on any atom is -0.367 e. The molecule has 1 fully saturated rings. The summed E-state index contributed by atoms with van der Waals surface area (Å²) < 4.78 is 5.22. The standard InChI is InChI=1S/C7H13NO2/c1-3-6-4-8(2)7(9)5-10-6/h6H,3-5H2,1-2H3/t6-/m0/s1. The van der Waals surface area contributed by atoms with Crippen molar-refractivity contribution in [2.75, 3.05) is 20.2 Å². The Hall–Kier alpha value is -0.570. The van der Waals surface area contributed by atoms with Crippen LogP contribution in [-0.2, 0) is 9.53 Å². The van der Waals surface area contributed by atoms with Crippen LogP contribution in [0.4, 0.5) is 0 Å². The number of hydrogen-bond donors (Lipinski definition) is 0. The van der Waals surface area contributed by atoms with E-state index in [1.165, 1.54) is 0 Å². The van der Waals surface area contributed by atoms with E-state index < -0.39 is 0 Å². The zero-order valence-electron chi connectivity index (χ0n) is 6.46. The number of carbonyl (C=O) groups is 1. The third-order valence-corrected chi connectivity index (χ3v) is 1.80. The van der Waals surface area contributed by atoms with Gasteiger partial charge >= 0.3 is 0 Å². The van der Waals surface area contributed by atoms with Crippen molar-refractivity contribution in [3.8, 4) is 0 Å². The molecule has 0 radical (unpaired) electrons. The maximum Gasteiger partial charge on any atom is 0.248 e. The fraction of sp³-hybridized carbons (Fsp3) is 0.857. The molecule has 0 aromatic carbocycles. The summed E-state index contributed by atoms with van der Waals surface area (Å²) in [6, 6.07) is 0. The van der Waals surface area contributed by atoms with Crippen LogP contribution in [0.5, 0.6) is 0 Å². The second kappa shape index (κ2) is 3.01. The van der Waals surface area contributed by atoms with Gasteiger partial charge in [0.05, 0.1) is 6.10 Å². The Morgan fingerprint density at radius 3 is 3.00 bits per heavy atom. The van der Waals surface area contributed by atoms with Gasteiger partial charge in [-0.25, -0.2) is 0 Å². The summed E-state index contributed by atoms with van der Waals surface area (Å²) in [4.78, 5) is 12.6. The molecule has 1 amide bonds.